The lowest BCUT2D eigenvalue weighted by Gasteiger charge is -2.42. The first-order valence-electron chi connectivity index (χ1n) is 15.3. The van der Waals surface area contributed by atoms with Gasteiger partial charge in [0.25, 0.3) is 5.19 Å². The Morgan fingerprint density at radius 1 is 1.02 bits per heavy atom. The molecular weight excluding hydrogens is 583 g/mol. The van der Waals surface area contributed by atoms with E-state index in [0.29, 0.717) is 31.1 Å². The minimum absolute atomic E-state index is 0.0101. The number of carbonyl (C=O) groups is 2. The van der Waals surface area contributed by atoms with Crippen molar-refractivity contribution in [2.45, 2.75) is 110 Å². The predicted molar refractivity (Wildman–Crippen MR) is 169 cm³/mol. The van der Waals surface area contributed by atoms with Crippen LogP contribution >= 0.6 is 11.3 Å². The molecule has 0 aliphatic carbocycles. The van der Waals surface area contributed by atoms with E-state index in [2.05, 4.69) is 16.8 Å². The molecule has 0 spiro atoms. The molecule has 1 fully saturated rings. The van der Waals surface area contributed by atoms with Crippen LogP contribution in [0.2, 0.25) is 0 Å². The van der Waals surface area contributed by atoms with E-state index in [1.807, 2.05) is 65.8 Å². The number of halogens is 1. The SMILES string of the molecule is C[C@@H]1Cc2c(n(C(=O)OC(C)(C)C)c3ccccc23)[C@@H](c2cnc(O[C@@H]3CCN(C(=O)OC(C)(C)C)C3)s2)N1CC(C)(C)F. The first kappa shape index (κ1) is 32.2. The van der Waals surface area contributed by atoms with Gasteiger partial charge in [0.2, 0.25) is 0 Å². The Morgan fingerprint density at radius 2 is 1.68 bits per heavy atom. The summed E-state index contributed by atoms with van der Waals surface area (Å²) in [5.41, 5.74) is -0.164. The molecule has 0 bridgehead atoms. The Bertz CT molecular complexity index is 1530. The molecular formula is C33H45FN4O5S. The molecule has 3 aromatic rings. The lowest BCUT2D eigenvalue weighted by molar-refractivity contribution is 0.0275. The number of likely N-dealkylation sites (tertiary alicyclic amines) is 1. The van der Waals surface area contributed by atoms with Gasteiger partial charge in [-0.2, -0.15) is 0 Å². The third-order valence-electron chi connectivity index (χ3n) is 7.65. The van der Waals surface area contributed by atoms with Crippen molar-refractivity contribution in [1.29, 1.82) is 0 Å². The highest BCUT2D eigenvalue weighted by atomic mass is 32.1. The molecule has 3 atom stereocenters. The van der Waals surface area contributed by atoms with Crippen molar-refractivity contribution in [2.24, 2.45) is 0 Å². The highest BCUT2D eigenvalue weighted by Gasteiger charge is 2.43. The lowest BCUT2D eigenvalue weighted by atomic mass is 9.90. The second-order valence-electron chi connectivity index (χ2n) is 14.5. The molecule has 5 rings (SSSR count). The molecule has 0 unspecified atom stereocenters. The Balaban J connectivity index is 1.52. The number of alkyl halides is 1. The van der Waals surface area contributed by atoms with Crippen molar-refractivity contribution in [3.63, 3.8) is 0 Å². The number of rotatable bonds is 5. The van der Waals surface area contributed by atoms with E-state index in [9.17, 15) is 9.59 Å². The molecule has 44 heavy (non-hydrogen) atoms. The first-order valence-corrected chi connectivity index (χ1v) is 16.1. The minimum atomic E-state index is -1.48. The van der Waals surface area contributed by atoms with E-state index in [-0.39, 0.29) is 24.8 Å². The molecule has 2 aromatic heterocycles. The minimum Gasteiger partial charge on any atom is -0.465 e. The van der Waals surface area contributed by atoms with Crippen molar-refractivity contribution in [2.75, 3.05) is 19.6 Å². The van der Waals surface area contributed by atoms with Gasteiger partial charge in [-0.1, -0.05) is 29.5 Å². The van der Waals surface area contributed by atoms with Crippen molar-refractivity contribution >= 4 is 34.4 Å². The van der Waals surface area contributed by atoms with Gasteiger partial charge in [-0.15, -0.1) is 0 Å². The number of thiazole rings is 1. The van der Waals surface area contributed by atoms with E-state index in [1.165, 1.54) is 11.3 Å². The summed E-state index contributed by atoms with van der Waals surface area (Å²) in [7, 11) is 0. The van der Waals surface area contributed by atoms with Crippen LogP contribution in [0.3, 0.4) is 0 Å². The number of hydrogen-bond acceptors (Lipinski definition) is 8. The van der Waals surface area contributed by atoms with Crippen LogP contribution in [0.1, 0.15) is 90.9 Å². The monoisotopic (exact) mass is 628 g/mol. The summed E-state index contributed by atoms with van der Waals surface area (Å²) in [6.45, 7) is 17.4. The number of benzene rings is 1. The first-order chi connectivity index (χ1) is 20.4. The van der Waals surface area contributed by atoms with Gasteiger partial charge in [-0.25, -0.2) is 23.5 Å². The van der Waals surface area contributed by atoms with E-state index < -0.39 is 29.0 Å². The molecule has 4 heterocycles. The molecule has 0 radical (unpaired) electrons. The number of amides is 1. The van der Waals surface area contributed by atoms with Crippen molar-refractivity contribution < 1.29 is 28.2 Å². The van der Waals surface area contributed by atoms with Crippen molar-refractivity contribution in [3.8, 4) is 5.19 Å². The number of aromatic nitrogens is 2. The van der Waals surface area contributed by atoms with Gasteiger partial charge in [0.05, 0.1) is 28.7 Å². The van der Waals surface area contributed by atoms with Crippen LogP contribution in [0.4, 0.5) is 14.0 Å². The topological polar surface area (TPSA) is 86.1 Å². The fraction of sp³-hybridized carbons (Fsp3) is 0.606. The number of fused-ring (bicyclic) bond motifs is 3. The Kier molecular flexibility index (Phi) is 8.52. The van der Waals surface area contributed by atoms with Gasteiger partial charge in [-0.05, 0) is 80.4 Å². The maximum atomic E-state index is 15.4. The molecule has 11 heteroatoms. The van der Waals surface area contributed by atoms with Crippen molar-refractivity contribution in [3.05, 3.63) is 46.6 Å². The summed E-state index contributed by atoms with van der Waals surface area (Å²) in [4.78, 5) is 35.6. The van der Waals surface area contributed by atoms with Crippen LogP contribution in [-0.2, 0) is 15.9 Å². The van der Waals surface area contributed by atoms with Crippen LogP contribution < -0.4 is 4.74 Å². The Hall–Kier alpha value is -3.18. The van der Waals surface area contributed by atoms with Gasteiger partial charge in [0.1, 0.15) is 23.0 Å². The van der Waals surface area contributed by atoms with E-state index in [0.717, 1.165) is 27.0 Å². The molecule has 9 nitrogen and oxygen atoms in total. The zero-order valence-corrected chi connectivity index (χ0v) is 28.1. The van der Waals surface area contributed by atoms with Crippen molar-refractivity contribution in [1.82, 2.24) is 19.4 Å². The molecule has 0 saturated carbocycles. The average Bonchev–Trinajstić information content (AvgIpc) is 3.60. The molecule has 2 aliphatic heterocycles. The molecule has 240 valence electrons. The third kappa shape index (κ3) is 7.04. The summed E-state index contributed by atoms with van der Waals surface area (Å²) in [5.74, 6) is 0. The second-order valence-corrected chi connectivity index (χ2v) is 15.6. The fourth-order valence-corrected chi connectivity index (χ4v) is 7.00. The van der Waals surface area contributed by atoms with Crippen LogP contribution in [0.25, 0.3) is 10.9 Å². The molecule has 2 aliphatic rings. The molecule has 0 N–H and O–H groups in total. The Morgan fingerprint density at radius 3 is 2.34 bits per heavy atom. The summed E-state index contributed by atoms with van der Waals surface area (Å²) in [6, 6.07) is 7.38. The number of ether oxygens (including phenoxy) is 3. The average molecular weight is 629 g/mol. The van der Waals surface area contributed by atoms with Crippen LogP contribution in [0.5, 0.6) is 5.19 Å². The van der Waals surface area contributed by atoms with Crippen LogP contribution in [0, 0.1) is 0 Å². The smallest absolute Gasteiger partial charge is 0.419 e. The molecule has 1 saturated heterocycles. The highest BCUT2D eigenvalue weighted by molar-refractivity contribution is 7.13. The van der Waals surface area contributed by atoms with Gasteiger partial charge < -0.3 is 19.1 Å². The number of para-hydroxylation sites is 1. The fourth-order valence-electron chi connectivity index (χ4n) is 6.05. The quantitative estimate of drug-likeness (QED) is 0.292. The largest absolute Gasteiger partial charge is 0.465 e. The van der Waals surface area contributed by atoms with Crippen LogP contribution in [-0.4, -0.2) is 80.2 Å². The third-order valence-corrected chi connectivity index (χ3v) is 8.59. The van der Waals surface area contributed by atoms with E-state index >= 15 is 4.39 Å². The normalized spacial score (nSPS) is 21.4. The molecule has 1 amide bonds. The Labute approximate surface area is 263 Å². The van der Waals surface area contributed by atoms with Gasteiger partial charge >= 0.3 is 12.2 Å². The summed E-state index contributed by atoms with van der Waals surface area (Å²) in [6.07, 6.45) is 2.03. The van der Waals surface area contributed by atoms with Gasteiger partial charge in [0, 0.05) is 37.1 Å². The lowest BCUT2D eigenvalue weighted by Crippen LogP contribution is -2.48. The number of carbonyl (C=O) groups excluding carboxylic acids is 2. The maximum absolute atomic E-state index is 15.4. The van der Waals surface area contributed by atoms with E-state index in [4.69, 9.17) is 14.2 Å². The van der Waals surface area contributed by atoms with Crippen LogP contribution in [0.15, 0.2) is 30.5 Å². The standard InChI is InChI=1S/C33H45FN4O5S/c1-20-16-23-22-12-10-11-13-24(22)38(30(40)43-32(5,6)7)26(23)27(37(20)19-33(8,9)34)25-17-35-28(44-25)41-21-14-15-36(18-21)29(39)42-31(2,3)4/h10-13,17,20-21,27H,14-16,18-19H2,1-9H3/t20-,21-,27-/m1/s1. The summed E-state index contributed by atoms with van der Waals surface area (Å²) < 4.78 is 34.7. The second kappa shape index (κ2) is 11.6. The summed E-state index contributed by atoms with van der Waals surface area (Å²) in [5, 5.41) is 1.45. The maximum Gasteiger partial charge on any atom is 0.419 e. The zero-order valence-electron chi connectivity index (χ0n) is 27.3. The zero-order chi connectivity index (χ0) is 32.2. The number of nitrogens with zero attached hydrogens (tertiary/aromatic N) is 4. The molecule has 1 aromatic carbocycles. The van der Waals surface area contributed by atoms with Gasteiger partial charge in [-0.3, -0.25) is 4.90 Å². The number of hydrogen-bond donors (Lipinski definition) is 0. The van der Waals surface area contributed by atoms with E-state index in [1.54, 1.807) is 29.5 Å². The predicted octanol–water partition coefficient (Wildman–Crippen LogP) is 7.35. The highest BCUT2D eigenvalue weighted by Crippen LogP contribution is 2.46. The summed E-state index contributed by atoms with van der Waals surface area (Å²) >= 11 is 1.39. The van der Waals surface area contributed by atoms with Gasteiger partial charge in [0.15, 0.2) is 0 Å².